The zero-order valence-electron chi connectivity index (χ0n) is 18.9. The van der Waals surface area contributed by atoms with E-state index in [1.54, 1.807) is 12.1 Å². The Morgan fingerprint density at radius 2 is 1.53 bits per heavy atom. The number of aromatic hydroxyl groups is 1. The number of carbonyl (C=O) groups excluding carboxylic acids is 1. The van der Waals surface area contributed by atoms with E-state index in [-0.39, 0.29) is 18.8 Å². The molecule has 0 heterocycles. The Balaban J connectivity index is 0.000000242. The number of ether oxygens (including phenoxy) is 1. The van der Waals surface area contributed by atoms with Crippen LogP contribution in [0.25, 0.3) is 0 Å². The normalized spacial score (nSPS) is 18.0. The van der Waals surface area contributed by atoms with E-state index in [2.05, 4.69) is 21.9 Å². The van der Waals surface area contributed by atoms with Crippen molar-refractivity contribution in [2.45, 2.75) is 88.8 Å². The highest BCUT2D eigenvalue weighted by Crippen LogP contribution is 2.22. The number of alkyl carbamates (subject to hydrolysis) is 1. The minimum Gasteiger partial charge on any atom is -0.508 e. The van der Waals surface area contributed by atoms with E-state index in [0.717, 1.165) is 12.1 Å². The maximum atomic E-state index is 11.3. The van der Waals surface area contributed by atoms with Crippen LogP contribution in [-0.4, -0.2) is 47.0 Å². The molecule has 0 aromatic heterocycles. The fraction of sp³-hybridized carbons (Fsp3) is 0.600. The molecule has 178 valence electrons. The predicted molar refractivity (Wildman–Crippen MR) is 125 cm³/mol. The number of carbonyl (C=O) groups is 2. The van der Waals surface area contributed by atoms with Crippen LogP contribution >= 0.6 is 0 Å². The second-order valence-electron chi connectivity index (χ2n) is 8.63. The van der Waals surface area contributed by atoms with Crippen molar-refractivity contribution in [3.63, 3.8) is 0 Å². The van der Waals surface area contributed by atoms with Crippen molar-refractivity contribution in [3.8, 4) is 5.75 Å². The largest absolute Gasteiger partial charge is 0.508 e. The van der Waals surface area contributed by atoms with Crippen molar-refractivity contribution in [3.05, 3.63) is 42.5 Å². The summed E-state index contributed by atoms with van der Waals surface area (Å²) in [4.78, 5) is 22.3. The SMILES string of the molecule is C1CCC(NC2CCCCC2)CC1.C=CCOC(=O)N[C@@H](Cc1ccc(O)cc1)C(=O)O. The molecule has 0 radical (unpaired) electrons. The molecule has 1 aromatic carbocycles. The molecule has 2 aliphatic rings. The van der Waals surface area contributed by atoms with Gasteiger partial charge in [-0.2, -0.15) is 0 Å². The molecule has 2 fully saturated rings. The summed E-state index contributed by atoms with van der Waals surface area (Å²) in [6.45, 7) is 3.39. The van der Waals surface area contributed by atoms with Gasteiger partial charge in [0.1, 0.15) is 18.4 Å². The van der Waals surface area contributed by atoms with Crippen molar-refractivity contribution in [1.29, 1.82) is 0 Å². The molecular formula is C25H38N2O5. The molecular weight excluding hydrogens is 408 g/mol. The van der Waals surface area contributed by atoms with E-state index in [4.69, 9.17) is 10.2 Å². The lowest BCUT2D eigenvalue weighted by molar-refractivity contribution is -0.139. The zero-order chi connectivity index (χ0) is 23.2. The first-order chi connectivity index (χ1) is 15.5. The molecule has 7 nitrogen and oxygen atoms in total. The van der Waals surface area contributed by atoms with Crippen LogP contribution in [0.1, 0.15) is 69.8 Å². The van der Waals surface area contributed by atoms with Crippen molar-refractivity contribution in [2.24, 2.45) is 0 Å². The number of phenols is 1. The first-order valence-electron chi connectivity index (χ1n) is 11.8. The van der Waals surface area contributed by atoms with Crippen molar-refractivity contribution in [1.82, 2.24) is 10.6 Å². The van der Waals surface area contributed by atoms with Crippen LogP contribution in [-0.2, 0) is 16.0 Å². The third kappa shape index (κ3) is 10.2. The topological polar surface area (TPSA) is 108 Å². The lowest BCUT2D eigenvalue weighted by atomic mass is 9.91. The Morgan fingerprint density at radius 3 is 2.00 bits per heavy atom. The lowest BCUT2D eigenvalue weighted by Gasteiger charge is -2.30. The average Bonchev–Trinajstić information content (AvgIpc) is 2.80. The first kappa shape index (κ1) is 25.7. The monoisotopic (exact) mass is 446 g/mol. The highest BCUT2D eigenvalue weighted by Gasteiger charge is 2.21. The predicted octanol–water partition coefficient (Wildman–Crippen LogP) is 4.54. The zero-order valence-corrected chi connectivity index (χ0v) is 18.9. The Bertz CT molecular complexity index is 679. The van der Waals surface area contributed by atoms with Crippen LogP contribution in [0, 0.1) is 0 Å². The molecule has 2 saturated carbocycles. The summed E-state index contributed by atoms with van der Waals surface area (Å²) < 4.78 is 4.66. The van der Waals surface area contributed by atoms with E-state index < -0.39 is 18.1 Å². The van der Waals surface area contributed by atoms with Crippen molar-refractivity contribution >= 4 is 12.1 Å². The quantitative estimate of drug-likeness (QED) is 0.437. The standard InChI is InChI=1S/C13H15NO5.C12H23N/c1-2-7-19-13(18)14-11(12(16)17)8-9-3-5-10(15)6-4-9;1-3-7-11(8-4-1)13-12-9-5-2-6-10-12/h2-6,11,15H,1,7-8H2,(H,14,18)(H,16,17);11-13H,1-10H2/t11-;/m0./s1. The number of carboxylic acid groups (broad SMARTS) is 1. The van der Waals surface area contributed by atoms with E-state index in [1.165, 1.54) is 82.4 Å². The van der Waals surface area contributed by atoms with Crippen molar-refractivity contribution in [2.75, 3.05) is 6.61 Å². The van der Waals surface area contributed by atoms with Gasteiger partial charge in [0.2, 0.25) is 0 Å². The molecule has 1 aromatic rings. The van der Waals surface area contributed by atoms with Gasteiger partial charge in [-0.1, -0.05) is 63.3 Å². The smallest absolute Gasteiger partial charge is 0.408 e. The number of rotatable bonds is 8. The molecule has 4 N–H and O–H groups in total. The number of phenolic OH excluding ortho intramolecular Hbond substituents is 1. The minimum atomic E-state index is -1.16. The summed E-state index contributed by atoms with van der Waals surface area (Å²) in [5.74, 6) is -1.07. The molecule has 0 unspecified atom stereocenters. The fourth-order valence-electron chi connectivity index (χ4n) is 4.26. The van der Waals surface area contributed by atoms with Gasteiger partial charge in [0.05, 0.1) is 0 Å². The highest BCUT2D eigenvalue weighted by molar-refractivity contribution is 5.80. The third-order valence-electron chi connectivity index (χ3n) is 5.98. The van der Waals surface area contributed by atoms with E-state index in [1.807, 2.05) is 0 Å². The number of nitrogens with one attached hydrogen (secondary N) is 2. The van der Waals surface area contributed by atoms with Crippen LogP contribution in [0.5, 0.6) is 5.75 Å². The van der Waals surface area contributed by atoms with Gasteiger partial charge in [0.15, 0.2) is 0 Å². The molecule has 0 bridgehead atoms. The molecule has 7 heteroatoms. The number of aliphatic carboxylic acids is 1. The number of hydrogen-bond donors (Lipinski definition) is 4. The van der Waals surface area contributed by atoms with Gasteiger partial charge < -0.3 is 25.6 Å². The first-order valence-corrected chi connectivity index (χ1v) is 11.8. The number of carboxylic acids is 1. The van der Waals surface area contributed by atoms with Crippen LogP contribution in [0.15, 0.2) is 36.9 Å². The summed E-state index contributed by atoms with van der Waals surface area (Å²) in [6, 6.07) is 6.72. The second-order valence-corrected chi connectivity index (χ2v) is 8.63. The molecule has 0 saturated heterocycles. The molecule has 3 rings (SSSR count). The van der Waals surface area contributed by atoms with Gasteiger partial charge in [-0.15, -0.1) is 0 Å². The highest BCUT2D eigenvalue weighted by atomic mass is 16.5. The van der Waals surface area contributed by atoms with Gasteiger partial charge in [0.25, 0.3) is 0 Å². The lowest BCUT2D eigenvalue weighted by Crippen LogP contribution is -2.42. The van der Waals surface area contributed by atoms with E-state index in [9.17, 15) is 9.59 Å². The molecule has 32 heavy (non-hydrogen) atoms. The van der Waals surface area contributed by atoms with Crippen LogP contribution < -0.4 is 10.6 Å². The number of hydrogen-bond acceptors (Lipinski definition) is 5. The summed E-state index contributed by atoms with van der Waals surface area (Å²) >= 11 is 0. The molecule has 2 aliphatic carbocycles. The second kappa shape index (κ2) is 14.5. The van der Waals surface area contributed by atoms with Gasteiger partial charge in [0, 0.05) is 18.5 Å². The van der Waals surface area contributed by atoms with Gasteiger partial charge >= 0.3 is 12.1 Å². The van der Waals surface area contributed by atoms with Crippen LogP contribution in [0.3, 0.4) is 0 Å². The van der Waals surface area contributed by atoms with E-state index >= 15 is 0 Å². The summed E-state index contributed by atoms with van der Waals surface area (Å²) in [7, 11) is 0. The maximum absolute atomic E-state index is 11.3. The summed E-state index contributed by atoms with van der Waals surface area (Å²) in [5.41, 5.74) is 0.675. The van der Waals surface area contributed by atoms with Crippen LogP contribution in [0.2, 0.25) is 0 Å². The summed E-state index contributed by atoms with van der Waals surface area (Å²) in [5, 5.41) is 24.3. The molecule has 0 spiro atoms. The van der Waals surface area contributed by atoms with Crippen LogP contribution in [0.4, 0.5) is 4.79 Å². The molecule has 1 amide bonds. The Labute approximate surface area is 191 Å². The fourth-order valence-corrected chi connectivity index (χ4v) is 4.26. The van der Waals surface area contributed by atoms with E-state index in [0.29, 0.717) is 5.56 Å². The van der Waals surface area contributed by atoms with Gasteiger partial charge in [-0.25, -0.2) is 9.59 Å². The summed E-state index contributed by atoms with van der Waals surface area (Å²) in [6.07, 6.45) is 15.2. The Kier molecular flexibility index (Phi) is 11.7. The minimum absolute atomic E-state index is 0.0113. The Hall–Kier alpha value is -2.54. The third-order valence-corrected chi connectivity index (χ3v) is 5.98. The van der Waals surface area contributed by atoms with Gasteiger partial charge in [-0.3, -0.25) is 0 Å². The average molecular weight is 447 g/mol. The molecule has 1 atom stereocenters. The number of benzene rings is 1. The molecule has 0 aliphatic heterocycles. The maximum Gasteiger partial charge on any atom is 0.408 e. The van der Waals surface area contributed by atoms with Crippen molar-refractivity contribution < 1.29 is 24.5 Å². The number of amides is 1. The Morgan fingerprint density at radius 1 is 1.00 bits per heavy atom. The van der Waals surface area contributed by atoms with Gasteiger partial charge in [-0.05, 0) is 43.4 Å².